The van der Waals surface area contributed by atoms with Crippen molar-refractivity contribution in [3.63, 3.8) is 0 Å². The molecule has 2 aromatic heterocycles. The van der Waals surface area contributed by atoms with Crippen molar-refractivity contribution in [3.05, 3.63) is 145 Å². The molecule has 0 spiro atoms. The van der Waals surface area contributed by atoms with Gasteiger partial charge in [-0.3, -0.25) is 4.79 Å². The first-order chi connectivity index (χ1) is 22.0. The van der Waals surface area contributed by atoms with Crippen LogP contribution < -0.4 is 0 Å². The van der Waals surface area contributed by atoms with Crippen LogP contribution in [0.2, 0.25) is 0 Å². The van der Waals surface area contributed by atoms with Crippen molar-refractivity contribution in [3.8, 4) is 11.4 Å². The molecular formula is C37H28IrN6O2-2. The van der Waals surface area contributed by atoms with Gasteiger partial charge in [0.2, 0.25) is 0 Å². The molecular weight excluding hydrogens is 753 g/mol. The molecule has 0 bridgehead atoms. The fourth-order valence-corrected chi connectivity index (χ4v) is 4.84. The van der Waals surface area contributed by atoms with E-state index in [1.165, 1.54) is 19.9 Å². The first-order valence-corrected chi connectivity index (χ1v) is 14.3. The number of carbonyl (C=O) groups excluding carboxylic acids is 1. The largest absolute Gasteiger partial charge is 0.512 e. The Labute approximate surface area is 279 Å². The van der Waals surface area contributed by atoms with Crippen molar-refractivity contribution >= 4 is 49.4 Å². The molecule has 229 valence electrons. The average Bonchev–Trinajstić information content (AvgIpc) is 3.69. The Morgan fingerprint density at radius 1 is 0.587 bits per heavy atom. The minimum absolute atomic E-state index is 0. The molecule has 1 radical (unpaired) electrons. The van der Waals surface area contributed by atoms with Crippen LogP contribution in [0, 0.1) is 12.1 Å². The van der Waals surface area contributed by atoms with Gasteiger partial charge in [-0.1, -0.05) is 60.7 Å². The molecule has 9 heteroatoms. The minimum atomic E-state index is -0.125. The molecule has 8 rings (SSSR count). The van der Waals surface area contributed by atoms with Crippen molar-refractivity contribution in [2.24, 2.45) is 0 Å². The Kier molecular flexibility index (Phi) is 10.1. The van der Waals surface area contributed by atoms with Crippen LogP contribution in [-0.2, 0) is 24.9 Å². The third-order valence-electron chi connectivity index (χ3n) is 6.78. The number of allylic oxidation sites excluding steroid dienone is 2. The maximum atomic E-state index is 10.0. The third kappa shape index (κ3) is 7.24. The van der Waals surface area contributed by atoms with Crippen molar-refractivity contribution in [1.82, 2.24) is 30.0 Å². The van der Waals surface area contributed by atoms with E-state index in [0.717, 1.165) is 55.0 Å². The van der Waals surface area contributed by atoms with Gasteiger partial charge in [-0.25, -0.2) is 0 Å². The summed E-state index contributed by atoms with van der Waals surface area (Å²) in [4.78, 5) is 13.3. The van der Waals surface area contributed by atoms with Gasteiger partial charge in [0.05, 0.1) is 5.76 Å². The number of carbonyl (C=O) groups is 1. The third-order valence-corrected chi connectivity index (χ3v) is 6.78. The Morgan fingerprint density at radius 3 is 1.26 bits per heavy atom. The van der Waals surface area contributed by atoms with Gasteiger partial charge in [0, 0.05) is 26.2 Å². The SMILES string of the molecule is CC(=O)/C=C(/C)O.[Ir].[c-]1ccc2ccccc2c1-n1nc2ccccc2n1.[c-]1ccc2ccccc2c1-n1nc2ccccc2n1. The molecule has 1 N–H and O–H groups in total. The molecule has 0 saturated carbocycles. The van der Waals surface area contributed by atoms with E-state index in [4.69, 9.17) is 5.11 Å². The van der Waals surface area contributed by atoms with Crippen LogP contribution >= 0.6 is 0 Å². The fourth-order valence-electron chi connectivity index (χ4n) is 4.84. The molecule has 0 aliphatic rings. The van der Waals surface area contributed by atoms with Gasteiger partial charge in [0.1, 0.15) is 22.1 Å². The smallest absolute Gasteiger partial charge is 0.155 e. The molecule has 0 unspecified atom stereocenters. The first kappa shape index (κ1) is 31.9. The number of nitrogens with zero attached hydrogens (tertiary/aromatic N) is 6. The second kappa shape index (κ2) is 14.5. The number of aromatic nitrogens is 6. The van der Waals surface area contributed by atoms with Crippen molar-refractivity contribution in [2.75, 3.05) is 0 Å². The van der Waals surface area contributed by atoms with Gasteiger partial charge in [-0.2, -0.15) is 66.4 Å². The van der Waals surface area contributed by atoms with E-state index < -0.39 is 0 Å². The van der Waals surface area contributed by atoms with Gasteiger partial charge < -0.3 is 5.11 Å². The van der Waals surface area contributed by atoms with E-state index in [2.05, 4.69) is 56.8 Å². The van der Waals surface area contributed by atoms with Crippen LogP contribution in [-0.4, -0.2) is 40.9 Å². The maximum Gasteiger partial charge on any atom is 0.155 e. The molecule has 6 aromatic carbocycles. The van der Waals surface area contributed by atoms with Crippen LogP contribution in [0.4, 0.5) is 0 Å². The zero-order valence-electron chi connectivity index (χ0n) is 25.0. The summed E-state index contributed by atoms with van der Waals surface area (Å²) >= 11 is 0. The molecule has 0 saturated heterocycles. The van der Waals surface area contributed by atoms with Crippen LogP contribution in [0.15, 0.2) is 133 Å². The Morgan fingerprint density at radius 2 is 0.935 bits per heavy atom. The predicted octanol–water partition coefficient (Wildman–Crippen LogP) is 7.78. The minimum Gasteiger partial charge on any atom is -0.512 e. The summed E-state index contributed by atoms with van der Waals surface area (Å²) in [7, 11) is 0. The number of fused-ring (bicyclic) bond motifs is 4. The van der Waals surface area contributed by atoms with Crippen LogP contribution in [0.5, 0.6) is 0 Å². The van der Waals surface area contributed by atoms with E-state index in [-0.39, 0.29) is 31.6 Å². The summed E-state index contributed by atoms with van der Waals surface area (Å²) in [6.07, 6.45) is 1.17. The maximum absolute atomic E-state index is 10.0. The zero-order chi connectivity index (χ0) is 31.2. The van der Waals surface area contributed by atoms with Crippen molar-refractivity contribution < 1.29 is 30.0 Å². The summed E-state index contributed by atoms with van der Waals surface area (Å²) in [5.74, 6) is -0.0625. The molecule has 8 aromatic rings. The second-order valence-electron chi connectivity index (χ2n) is 10.2. The molecule has 0 fully saturated rings. The number of benzene rings is 6. The van der Waals surface area contributed by atoms with Gasteiger partial charge in [-0.15, -0.1) is 33.7 Å². The van der Waals surface area contributed by atoms with Crippen LogP contribution in [0.3, 0.4) is 0 Å². The summed E-state index contributed by atoms with van der Waals surface area (Å²) < 4.78 is 0. The molecule has 0 atom stereocenters. The molecule has 0 amide bonds. The molecule has 2 heterocycles. The molecule has 46 heavy (non-hydrogen) atoms. The number of hydrogen-bond acceptors (Lipinski definition) is 6. The standard InChI is InChI=1S/2C16H10N3.C5H8O2.Ir/c2*1-2-8-13-12(6-1)7-5-11-16(13)19-17-14-9-3-4-10-15(14)18-19;1-4(6)3-5(2)7;/h2*1-10H;3,6H,1-2H3;/q2*-1;;/b;;4-3-;. The topological polar surface area (TPSA) is 98.7 Å². The molecule has 8 nitrogen and oxygen atoms in total. The van der Waals surface area contributed by atoms with E-state index in [1.54, 1.807) is 9.59 Å². The Balaban J connectivity index is 0.000000149. The van der Waals surface area contributed by atoms with Gasteiger partial charge in [0.25, 0.3) is 0 Å². The normalized spacial score (nSPS) is 11.0. The number of hydrogen-bond donors (Lipinski definition) is 1. The number of aliphatic hydroxyl groups is 1. The summed E-state index contributed by atoms with van der Waals surface area (Å²) in [6.45, 7) is 2.85. The predicted molar refractivity (Wildman–Crippen MR) is 177 cm³/mol. The van der Waals surface area contributed by atoms with Gasteiger partial charge in [0.15, 0.2) is 5.78 Å². The fraction of sp³-hybridized carbons (Fsp3) is 0.0541. The van der Waals surface area contributed by atoms with E-state index in [1.807, 2.05) is 97.1 Å². The van der Waals surface area contributed by atoms with Crippen LogP contribution in [0.1, 0.15) is 13.8 Å². The number of aliphatic hydroxyl groups excluding tert-OH is 1. The van der Waals surface area contributed by atoms with Crippen molar-refractivity contribution in [2.45, 2.75) is 13.8 Å². The Bertz CT molecular complexity index is 2080. The average molecular weight is 781 g/mol. The second-order valence-corrected chi connectivity index (χ2v) is 10.2. The first-order valence-electron chi connectivity index (χ1n) is 14.3. The van der Waals surface area contributed by atoms with Gasteiger partial charge >= 0.3 is 0 Å². The quantitative estimate of drug-likeness (QED) is 0.112. The van der Waals surface area contributed by atoms with E-state index >= 15 is 0 Å². The summed E-state index contributed by atoms with van der Waals surface area (Å²) in [5, 5.41) is 30.9. The number of rotatable bonds is 3. The monoisotopic (exact) mass is 781 g/mol. The van der Waals surface area contributed by atoms with E-state index in [9.17, 15) is 4.79 Å². The molecule has 0 aliphatic heterocycles. The summed E-state index contributed by atoms with van der Waals surface area (Å²) in [5.41, 5.74) is 5.34. The van der Waals surface area contributed by atoms with E-state index in [0.29, 0.717) is 0 Å². The zero-order valence-corrected chi connectivity index (χ0v) is 27.4. The van der Waals surface area contributed by atoms with Gasteiger partial charge in [-0.05, 0) is 49.5 Å². The summed E-state index contributed by atoms with van der Waals surface area (Å²) in [6, 6.07) is 46.4. The Hall–Kier alpha value is -5.50. The van der Waals surface area contributed by atoms with Crippen LogP contribution in [0.25, 0.3) is 55.0 Å². The molecule has 0 aliphatic carbocycles. The van der Waals surface area contributed by atoms with Crippen molar-refractivity contribution in [1.29, 1.82) is 0 Å². The number of ketones is 1.